The van der Waals surface area contributed by atoms with Crippen molar-refractivity contribution in [3.8, 4) is 11.5 Å². The van der Waals surface area contributed by atoms with Crippen LogP contribution < -0.4 is 14.8 Å². The van der Waals surface area contributed by atoms with Crippen LogP contribution >= 0.6 is 0 Å². The van der Waals surface area contributed by atoms with Crippen molar-refractivity contribution in [2.24, 2.45) is 0 Å². The summed E-state index contributed by atoms with van der Waals surface area (Å²) < 4.78 is 37.0. The highest BCUT2D eigenvalue weighted by molar-refractivity contribution is 5.78. The largest absolute Gasteiger partial charge is 0.494 e. The second-order valence-electron chi connectivity index (χ2n) is 5.64. The Morgan fingerprint density at radius 2 is 1.85 bits per heavy atom. The van der Waals surface area contributed by atoms with Crippen molar-refractivity contribution in [2.75, 3.05) is 13.7 Å². The van der Waals surface area contributed by atoms with E-state index in [1.807, 2.05) is 0 Å². The van der Waals surface area contributed by atoms with E-state index in [4.69, 9.17) is 9.47 Å². The highest BCUT2D eigenvalue weighted by Crippen LogP contribution is 2.21. The first kappa shape index (κ1) is 20.2. The van der Waals surface area contributed by atoms with Crippen LogP contribution in [0.5, 0.6) is 11.5 Å². The van der Waals surface area contributed by atoms with E-state index in [-0.39, 0.29) is 30.9 Å². The molecule has 6 nitrogen and oxygen atoms in total. The van der Waals surface area contributed by atoms with Gasteiger partial charge in [0, 0.05) is 6.42 Å². The van der Waals surface area contributed by atoms with Crippen molar-refractivity contribution in [1.82, 2.24) is 5.32 Å². The van der Waals surface area contributed by atoms with Crippen molar-refractivity contribution < 1.29 is 33.0 Å². The molecule has 0 radical (unpaired) electrons. The summed E-state index contributed by atoms with van der Waals surface area (Å²) in [6.07, 6.45) is -1.24. The topological polar surface area (TPSA) is 84.9 Å². The molecule has 27 heavy (non-hydrogen) atoms. The number of aliphatic carboxylic acids is 1. The number of carbonyl (C=O) groups is 2. The van der Waals surface area contributed by atoms with E-state index < -0.39 is 29.6 Å². The second kappa shape index (κ2) is 9.51. The van der Waals surface area contributed by atoms with Gasteiger partial charge in [0.05, 0.1) is 13.7 Å². The Labute approximate surface area is 154 Å². The lowest BCUT2D eigenvalue weighted by Crippen LogP contribution is -2.40. The number of ether oxygens (including phenoxy) is 2. The van der Waals surface area contributed by atoms with Gasteiger partial charge in [-0.15, -0.1) is 0 Å². The lowest BCUT2D eigenvalue weighted by Gasteiger charge is -2.16. The van der Waals surface area contributed by atoms with Crippen molar-refractivity contribution in [3.05, 3.63) is 59.7 Å². The number of carboxylic acids is 1. The monoisotopic (exact) mass is 379 g/mol. The predicted octanol–water partition coefficient (Wildman–Crippen LogP) is 2.55. The van der Waals surface area contributed by atoms with Gasteiger partial charge in [-0.3, -0.25) is 4.79 Å². The Morgan fingerprint density at radius 1 is 1.15 bits per heavy atom. The molecule has 0 aromatic heterocycles. The molecule has 1 amide bonds. The molecule has 2 rings (SSSR count). The molecule has 2 N–H and O–H groups in total. The third-order valence-corrected chi connectivity index (χ3v) is 3.74. The minimum absolute atomic E-state index is 0.0347. The molecule has 0 saturated heterocycles. The predicted molar refractivity (Wildman–Crippen MR) is 92.7 cm³/mol. The number of carboxylic acid groups (broad SMARTS) is 1. The van der Waals surface area contributed by atoms with Crippen LogP contribution in [0.15, 0.2) is 42.5 Å². The van der Waals surface area contributed by atoms with Crippen LogP contribution in [0.4, 0.5) is 8.78 Å². The van der Waals surface area contributed by atoms with Gasteiger partial charge in [-0.05, 0) is 42.3 Å². The Bertz CT molecular complexity index is 795. The van der Waals surface area contributed by atoms with Gasteiger partial charge in [0.1, 0.15) is 11.6 Å². The van der Waals surface area contributed by atoms with Gasteiger partial charge in [0.15, 0.2) is 11.6 Å². The van der Waals surface area contributed by atoms with E-state index >= 15 is 0 Å². The number of methoxy groups -OCH3 is 1. The number of aryl methyl sites for hydroxylation is 1. The summed E-state index contributed by atoms with van der Waals surface area (Å²) >= 11 is 0. The maximum absolute atomic E-state index is 14.0. The Hall–Kier alpha value is -3.16. The SMILES string of the molecule is COc1cccc(CCC(=O)NCC(Oc2ccc(F)cc2)C(=O)O)c1F. The maximum Gasteiger partial charge on any atom is 0.346 e. The van der Waals surface area contributed by atoms with E-state index in [1.54, 1.807) is 12.1 Å². The quantitative estimate of drug-likeness (QED) is 0.700. The van der Waals surface area contributed by atoms with Gasteiger partial charge >= 0.3 is 5.97 Å². The van der Waals surface area contributed by atoms with E-state index in [9.17, 15) is 23.5 Å². The lowest BCUT2D eigenvalue weighted by atomic mass is 10.1. The Balaban J connectivity index is 1.87. The van der Waals surface area contributed by atoms with Gasteiger partial charge in [0.2, 0.25) is 12.0 Å². The van der Waals surface area contributed by atoms with Crippen LogP contribution in [0.3, 0.4) is 0 Å². The van der Waals surface area contributed by atoms with Crippen LogP contribution in [-0.4, -0.2) is 36.7 Å². The smallest absolute Gasteiger partial charge is 0.346 e. The van der Waals surface area contributed by atoms with Crippen molar-refractivity contribution in [3.63, 3.8) is 0 Å². The van der Waals surface area contributed by atoms with Crippen LogP contribution in [0, 0.1) is 11.6 Å². The first-order chi connectivity index (χ1) is 12.9. The van der Waals surface area contributed by atoms with E-state index in [2.05, 4.69) is 5.32 Å². The summed E-state index contributed by atoms with van der Waals surface area (Å²) in [6, 6.07) is 9.49. The minimum atomic E-state index is -1.34. The molecule has 0 fully saturated rings. The van der Waals surface area contributed by atoms with E-state index in [1.165, 1.54) is 25.3 Å². The first-order valence-electron chi connectivity index (χ1n) is 8.13. The number of carbonyl (C=O) groups excluding carboxylic acids is 1. The molecular weight excluding hydrogens is 360 g/mol. The highest BCUT2D eigenvalue weighted by atomic mass is 19.1. The molecular formula is C19H19F2NO5. The number of nitrogens with one attached hydrogen (secondary N) is 1. The minimum Gasteiger partial charge on any atom is -0.494 e. The normalized spacial score (nSPS) is 11.5. The highest BCUT2D eigenvalue weighted by Gasteiger charge is 2.20. The summed E-state index contributed by atoms with van der Waals surface area (Å²) in [6.45, 7) is -0.286. The fraction of sp³-hybridized carbons (Fsp3) is 0.263. The number of amides is 1. The zero-order valence-electron chi connectivity index (χ0n) is 14.6. The third kappa shape index (κ3) is 5.95. The summed E-state index contributed by atoms with van der Waals surface area (Å²) in [5.74, 6) is -2.49. The van der Waals surface area contributed by atoms with Gasteiger partial charge in [-0.25, -0.2) is 13.6 Å². The zero-order chi connectivity index (χ0) is 19.8. The van der Waals surface area contributed by atoms with Crippen LogP contribution in [-0.2, 0) is 16.0 Å². The summed E-state index contributed by atoms with van der Waals surface area (Å²) in [5, 5.41) is 11.6. The lowest BCUT2D eigenvalue weighted by molar-refractivity contribution is -0.145. The number of rotatable bonds is 9. The van der Waals surface area contributed by atoms with Crippen molar-refractivity contribution in [2.45, 2.75) is 18.9 Å². The van der Waals surface area contributed by atoms with Crippen LogP contribution in [0.2, 0.25) is 0 Å². The number of benzene rings is 2. The molecule has 0 spiro atoms. The fourth-order valence-electron chi connectivity index (χ4n) is 2.31. The van der Waals surface area contributed by atoms with Gasteiger partial charge < -0.3 is 19.9 Å². The Kier molecular flexibility index (Phi) is 7.10. The van der Waals surface area contributed by atoms with Crippen molar-refractivity contribution in [1.29, 1.82) is 0 Å². The molecule has 0 aliphatic heterocycles. The molecule has 0 aliphatic carbocycles. The molecule has 0 bridgehead atoms. The van der Waals surface area contributed by atoms with Gasteiger partial charge in [0.25, 0.3) is 0 Å². The molecule has 1 atom stereocenters. The zero-order valence-corrected chi connectivity index (χ0v) is 14.6. The van der Waals surface area contributed by atoms with E-state index in [0.717, 1.165) is 12.1 Å². The molecule has 0 saturated carbocycles. The van der Waals surface area contributed by atoms with Crippen LogP contribution in [0.1, 0.15) is 12.0 Å². The van der Waals surface area contributed by atoms with Gasteiger partial charge in [-0.1, -0.05) is 12.1 Å². The van der Waals surface area contributed by atoms with Crippen molar-refractivity contribution >= 4 is 11.9 Å². The standard InChI is InChI=1S/C19H19F2NO5/c1-26-15-4-2-3-12(18(15)21)5-10-17(23)22-11-16(19(24)25)27-14-8-6-13(20)7-9-14/h2-4,6-9,16H,5,10-11H2,1H3,(H,22,23)(H,24,25). The molecule has 1 unspecified atom stereocenters. The number of hydrogen-bond acceptors (Lipinski definition) is 4. The molecule has 2 aromatic rings. The molecule has 0 heterocycles. The van der Waals surface area contributed by atoms with E-state index in [0.29, 0.717) is 5.56 Å². The summed E-state index contributed by atoms with van der Waals surface area (Å²) in [7, 11) is 1.35. The first-order valence-corrected chi connectivity index (χ1v) is 8.13. The Morgan fingerprint density at radius 3 is 2.48 bits per heavy atom. The second-order valence-corrected chi connectivity index (χ2v) is 5.64. The summed E-state index contributed by atoms with van der Waals surface area (Å²) in [5.41, 5.74) is 0.321. The molecule has 8 heteroatoms. The number of halogens is 2. The average Bonchev–Trinajstić information content (AvgIpc) is 2.65. The van der Waals surface area contributed by atoms with Gasteiger partial charge in [-0.2, -0.15) is 0 Å². The molecule has 2 aromatic carbocycles. The average molecular weight is 379 g/mol. The molecule has 144 valence electrons. The maximum atomic E-state index is 14.0. The molecule has 0 aliphatic rings. The number of hydrogen-bond donors (Lipinski definition) is 2. The summed E-state index contributed by atoms with van der Waals surface area (Å²) in [4.78, 5) is 23.2. The fourth-order valence-corrected chi connectivity index (χ4v) is 2.31. The third-order valence-electron chi connectivity index (χ3n) is 3.74. The van der Waals surface area contributed by atoms with Crippen LogP contribution in [0.25, 0.3) is 0 Å².